The molecule has 3 aliphatic rings. The van der Waals surface area contributed by atoms with E-state index in [-0.39, 0.29) is 28.4 Å². The zero-order valence-electron chi connectivity index (χ0n) is 18.6. The van der Waals surface area contributed by atoms with E-state index < -0.39 is 51.4 Å². The number of anilines is 1. The lowest BCUT2D eigenvalue weighted by molar-refractivity contribution is -0.385. The highest BCUT2D eigenvalue weighted by atomic mass is 16.6. The first-order valence-electron chi connectivity index (χ1n) is 10.7. The summed E-state index contributed by atoms with van der Waals surface area (Å²) in [7, 11) is 1.30. The first-order chi connectivity index (χ1) is 17.2. The van der Waals surface area contributed by atoms with Crippen LogP contribution in [0.15, 0.2) is 59.7 Å². The average Bonchev–Trinajstić information content (AvgIpc) is 3.35. The molecule has 3 heterocycles. The fourth-order valence-corrected chi connectivity index (χ4v) is 4.98. The first-order valence-corrected chi connectivity index (χ1v) is 10.7. The van der Waals surface area contributed by atoms with Crippen molar-refractivity contribution in [3.8, 4) is 5.75 Å². The number of non-ortho nitro benzene ring substituents is 2. The van der Waals surface area contributed by atoms with Gasteiger partial charge in [0.2, 0.25) is 11.8 Å². The molecule has 2 aromatic rings. The third-order valence-corrected chi connectivity index (χ3v) is 6.52. The van der Waals surface area contributed by atoms with E-state index in [0.29, 0.717) is 0 Å². The van der Waals surface area contributed by atoms with Crippen LogP contribution in [0.1, 0.15) is 10.4 Å². The molecule has 4 atom stereocenters. The van der Waals surface area contributed by atoms with E-state index in [0.717, 1.165) is 17.0 Å². The summed E-state index contributed by atoms with van der Waals surface area (Å²) in [5.74, 6) is -4.14. The van der Waals surface area contributed by atoms with Gasteiger partial charge in [-0.05, 0) is 12.1 Å². The Balaban J connectivity index is 1.60. The minimum atomic E-state index is -1.23. The van der Waals surface area contributed by atoms with Crippen molar-refractivity contribution in [1.29, 1.82) is 0 Å². The van der Waals surface area contributed by atoms with E-state index >= 15 is 0 Å². The van der Waals surface area contributed by atoms with Crippen molar-refractivity contribution in [3.63, 3.8) is 0 Å². The molecule has 0 spiro atoms. The highest BCUT2D eigenvalue weighted by Gasteiger charge is 2.64. The van der Waals surface area contributed by atoms with E-state index in [1.807, 2.05) is 0 Å². The van der Waals surface area contributed by atoms with Gasteiger partial charge in [-0.1, -0.05) is 18.2 Å². The Hall–Kier alpha value is -4.94. The maximum absolute atomic E-state index is 13.7. The van der Waals surface area contributed by atoms with Crippen molar-refractivity contribution in [2.45, 2.75) is 12.1 Å². The number of benzene rings is 2. The van der Waals surface area contributed by atoms with Crippen LogP contribution in [0.3, 0.4) is 0 Å². The Morgan fingerprint density at radius 3 is 2.39 bits per heavy atom. The Labute approximate surface area is 202 Å². The van der Waals surface area contributed by atoms with Gasteiger partial charge in [0.05, 0.1) is 34.8 Å². The molecule has 13 nitrogen and oxygen atoms in total. The zero-order valence-corrected chi connectivity index (χ0v) is 18.6. The summed E-state index contributed by atoms with van der Waals surface area (Å²) >= 11 is 0. The molecule has 2 saturated heterocycles. The Kier molecular flexibility index (Phi) is 5.31. The smallest absolute Gasteiger partial charge is 0.271 e. The van der Waals surface area contributed by atoms with Crippen LogP contribution in [-0.4, -0.2) is 57.9 Å². The fourth-order valence-electron chi connectivity index (χ4n) is 4.98. The van der Waals surface area contributed by atoms with Gasteiger partial charge in [0.15, 0.2) is 5.78 Å². The number of hydrogen-bond acceptors (Lipinski definition) is 10. The Bertz CT molecular complexity index is 1400. The minimum absolute atomic E-state index is 0.00928. The molecule has 0 unspecified atom stereocenters. The lowest BCUT2D eigenvalue weighted by Gasteiger charge is -2.30. The average molecular weight is 491 g/mol. The van der Waals surface area contributed by atoms with E-state index in [9.17, 15) is 34.6 Å². The van der Waals surface area contributed by atoms with Gasteiger partial charge in [-0.3, -0.25) is 39.6 Å². The number of hydrazone groups is 1. The third kappa shape index (κ3) is 3.32. The second kappa shape index (κ2) is 8.37. The zero-order chi connectivity index (χ0) is 25.7. The number of nitro groups is 2. The summed E-state index contributed by atoms with van der Waals surface area (Å²) < 4.78 is 5.25. The summed E-state index contributed by atoms with van der Waals surface area (Å²) in [5.41, 5.74) is -0.764. The number of fused-ring (bicyclic) bond motifs is 3. The van der Waals surface area contributed by atoms with E-state index in [1.54, 1.807) is 12.2 Å². The highest BCUT2D eigenvalue weighted by molar-refractivity contribution is 6.25. The number of ketones is 1. The molecule has 5 rings (SSSR count). The molecule has 0 aliphatic carbocycles. The van der Waals surface area contributed by atoms with E-state index in [2.05, 4.69) is 5.10 Å². The lowest BCUT2D eigenvalue weighted by Crippen LogP contribution is -2.46. The number of nitro benzene ring substituents is 2. The molecule has 2 aromatic carbocycles. The molecule has 13 heteroatoms. The van der Waals surface area contributed by atoms with Gasteiger partial charge in [-0.2, -0.15) is 5.10 Å². The SMILES string of the molecule is COc1ccc([N+](=O)[O-])cc1N1C(=O)[C@@H]2[C@H](C1=O)[C@H](C(=O)c1cccc([N+](=O)[O-])c1)N1N=CC=C[C@@H]21. The number of carbonyl (C=O) groups excluding carboxylic acids is 3. The number of nitrogens with zero attached hydrogens (tertiary/aromatic N) is 5. The van der Waals surface area contributed by atoms with Crippen LogP contribution < -0.4 is 9.64 Å². The predicted octanol–water partition coefficient (Wildman–Crippen LogP) is 2.11. The van der Waals surface area contributed by atoms with Gasteiger partial charge in [-0.25, -0.2) is 4.90 Å². The minimum Gasteiger partial charge on any atom is -0.495 e. The molecule has 0 aromatic heterocycles. The second-order valence-corrected chi connectivity index (χ2v) is 8.31. The van der Waals surface area contributed by atoms with Gasteiger partial charge in [0, 0.05) is 36.0 Å². The Morgan fingerprint density at radius 2 is 1.69 bits per heavy atom. The summed E-state index contributed by atoms with van der Waals surface area (Å²) in [5, 5.41) is 28.2. The monoisotopic (exact) mass is 491 g/mol. The molecular weight excluding hydrogens is 474 g/mol. The van der Waals surface area contributed by atoms with Crippen molar-refractivity contribution in [1.82, 2.24) is 5.01 Å². The first kappa shape index (κ1) is 22.8. The van der Waals surface area contributed by atoms with Crippen molar-refractivity contribution in [3.05, 3.63) is 80.4 Å². The quantitative estimate of drug-likeness (QED) is 0.254. The number of Topliss-reactive ketones (excluding diaryl/α,β-unsaturated/α-hetero) is 1. The number of allylic oxidation sites excluding steroid dienone is 1. The number of hydrogen-bond donors (Lipinski definition) is 0. The summed E-state index contributed by atoms with van der Waals surface area (Å²) in [6.45, 7) is 0. The van der Waals surface area contributed by atoms with Gasteiger partial charge in [-0.15, -0.1) is 0 Å². The third-order valence-electron chi connectivity index (χ3n) is 6.52. The molecule has 182 valence electrons. The predicted molar refractivity (Wildman–Crippen MR) is 124 cm³/mol. The number of rotatable bonds is 6. The van der Waals surface area contributed by atoms with Crippen molar-refractivity contribution < 1.29 is 29.0 Å². The van der Waals surface area contributed by atoms with Crippen LogP contribution >= 0.6 is 0 Å². The maximum atomic E-state index is 13.7. The topological polar surface area (TPSA) is 166 Å². The summed E-state index contributed by atoms with van der Waals surface area (Å²) in [6, 6.07) is 6.66. The number of methoxy groups -OCH3 is 1. The van der Waals surface area contributed by atoms with Crippen molar-refractivity contribution in [2.24, 2.45) is 16.9 Å². The van der Waals surface area contributed by atoms with Crippen molar-refractivity contribution in [2.75, 3.05) is 12.0 Å². The Morgan fingerprint density at radius 1 is 1.00 bits per heavy atom. The van der Waals surface area contributed by atoms with Gasteiger partial charge in [0.25, 0.3) is 11.4 Å². The molecule has 3 aliphatic heterocycles. The standard InChI is InChI=1S/C23H17N5O8/c1-36-17-8-7-14(28(34)35)11-16(17)25-22(30)18-15-6-3-9-24-26(15)20(19(18)23(25)31)21(29)12-4-2-5-13(10-12)27(32)33/h2-11,15,18-20H,1H3/t15-,18-,19-,20+/m0/s1. The lowest BCUT2D eigenvalue weighted by atomic mass is 9.86. The second-order valence-electron chi connectivity index (χ2n) is 8.31. The van der Waals surface area contributed by atoms with Crippen LogP contribution in [-0.2, 0) is 9.59 Å². The molecule has 2 fully saturated rings. The maximum Gasteiger partial charge on any atom is 0.271 e. The van der Waals surface area contributed by atoms with Crippen molar-refractivity contribution >= 4 is 40.9 Å². The van der Waals surface area contributed by atoms with Crippen LogP contribution in [0.5, 0.6) is 5.75 Å². The molecule has 0 radical (unpaired) electrons. The van der Waals surface area contributed by atoms with E-state index in [4.69, 9.17) is 4.74 Å². The van der Waals surface area contributed by atoms with E-state index in [1.165, 1.54) is 48.7 Å². The number of ether oxygens (including phenoxy) is 1. The number of carbonyl (C=O) groups is 3. The molecule has 0 saturated carbocycles. The van der Waals surface area contributed by atoms with Gasteiger partial charge < -0.3 is 4.74 Å². The van der Waals surface area contributed by atoms with Gasteiger partial charge in [0.1, 0.15) is 17.5 Å². The van der Waals surface area contributed by atoms with Crippen LogP contribution in [0.4, 0.5) is 17.1 Å². The summed E-state index contributed by atoms with van der Waals surface area (Å²) in [6.07, 6.45) is 4.65. The molecule has 0 N–H and O–H groups in total. The fraction of sp³-hybridized carbons (Fsp3) is 0.217. The van der Waals surface area contributed by atoms with Crippen LogP contribution in [0.25, 0.3) is 0 Å². The highest BCUT2D eigenvalue weighted by Crippen LogP contribution is 2.48. The number of amides is 2. The molecule has 2 amide bonds. The molecular formula is C23H17N5O8. The normalized spacial score (nSPS) is 24.0. The summed E-state index contributed by atoms with van der Waals surface area (Å²) in [4.78, 5) is 63.0. The number of imide groups is 1. The van der Waals surface area contributed by atoms with Crippen LogP contribution in [0.2, 0.25) is 0 Å². The van der Waals surface area contributed by atoms with Gasteiger partial charge >= 0.3 is 0 Å². The largest absolute Gasteiger partial charge is 0.495 e. The molecule has 0 bridgehead atoms. The molecule has 36 heavy (non-hydrogen) atoms. The van der Waals surface area contributed by atoms with Crippen LogP contribution in [0, 0.1) is 32.1 Å².